The summed E-state index contributed by atoms with van der Waals surface area (Å²) in [5.41, 5.74) is -2.12. The van der Waals surface area contributed by atoms with Gasteiger partial charge in [0.2, 0.25) is 5.60 Å². The highest BCUT2D eigenvalue weighted by atomic mass is 16.7. The Morgan fingerprint density at radius 1 is 1.03 bits per heavy atom. The molecule has 5 aliphatic carbocycles. The first-order valence-electron chi connectivity index (χ1n) is 13.7. The van der Waals surface area contributed by atoms with E-state index in [1.807, 2.05) is 20.8 Å². The Balaban J connectivity index is 1.44. The summed E-state index contributed by atoms with van der Waals surface area (Å²) in [6.07, 6.45) is 9.23. The van der Waals surface area contributed by atoms with Gasteiger partial charge in [-0.2, -0.15) is 0 Å². The first-order chi connectivity index (χ1) is 16.9. The van der Waals surface area contributed by atoms with Crippen LogP contribution in [0.2, 0.25) is 0 Å². The van der Waals surface area contributed by atoms with Gasteiger partial charge in [-0.25, -0.2) is 9.59 Å². The van der Waals surface area contributed by atoms with E-state index in [1.165, 1.54) is 6.08 Å². The maximum atomic E-state index is 13.2. The lowest BCUT2D eigenvalue weighted by molar-refractivity contribution is -0.194. The molecule has 5 aliphatic rings. The molecule has 36 heavy (non-hydrogen) atoms. The second kappa shape index (κ2) is 8.63. The van der Waals surface area contributed by atoms with Gasteiger partial charge in [-0.15, -0.1) is 0 Å². The first kappa shape index (κ1) is 25.3. The molecule has 0 spiro atoms. The Hall–Kier alpha value is -2.31. The van der Waals surface area contributed by atoms with Crippen LogP contribution in [0.15, 0.2) is 23.5 Å². The molecule has 0 saturated heterocycles. The van der Waals surface area contributed by atoms with E-state index in [-0.39, 0.29) is 47.2 Å². The summed E-state index contributed by atoms with van der Waals surface area (Å²) >= 11 is 0. The minimum absolute atomic E-state index is 0.00873. The summed E-state index contributed by atoms with van der Waals surface area (Å²) in [5.74, 6) is -1.07. The van der Waals surface area contributed by atoms with Gasteiger partial charge in [0.15, 0.2) is 5.78 Å². The minimum Gasteiger partial charge on any atom is -0.508 e. The monoisotopic (exact) mass is 500 g/mol. The zero-order valence-electron chi connectivity index (χ0n) is 21.9. The molecule has 2 N–H and O–H groups in total. The molecule has 4 fully saturated rings. The molecule has 7 heteroatoms. The van der Waals surface area contributed by atoms with E-state index < -0.39 is 28.6 Å². The topological polar surface area (TPSA) is 110 Å². The SMILES string of the molecule is CC1C[C@H]2[C@@H]3CCC4=CC(O)=CC(=O)[C@]4(C)[C@H]3CC[C@]2(C)C1(OC(=O)O[C@@H]1CCCC[C@@H]1C)C(=O)O. The zero-order valence-corrected chi connectivity index (χ0v) is 21.9. The van der Waals surface area contributed by atoms with Gasteiger partial charge in [0.1, 0.15) is 11.9 Å². The molecular weight excluding hydrogens is 460 g/mol. The van der Waals surface area contributed by atoms with Gasteiger partial charge in [-0.1, -0.05) is 32.8 Å². The van der Waals surface area contributed by atoms with Crippen LogP contribution in [0.4, 0.5) is 4.79 Å². The second-order valence-electron chi connectivity index (χ2n) is 12.6. The predicted molar refractivity (Wildman–Crippen MR) is 132 cm³/mol. The number of carbonyl (C=O) groups excluding carboxylic acids is 2. The summed E-state index contributed by atoms with van der Waals surface area (Å²) in [6.45, 7) is 7.91. The van der Waals surface area contributed by atoms with Crippen molar-refractivity contribution in [2.45, 2.75) is 97.2 Å². The maximum absolute atomic E-state index is 13.2. The van der Waals surface area contributed by atoms with Crippen LogP contribution < -0.4 is 0 Å². The number of ketones is 1. The Morgan fingerprint density at radius 3 is 2.44 bits per heavy atom. The number of rotatable bonds is 3. The number of hydrogen-bond donors (Lipinski definition) is 2. The van der Waals surface area contributed by atoms with E-state index in [4.69, 9.17) is 9.47 Å². The summed E-state index contributed by atoms with van der Waals surface area (Å²) in [7, 11) is 0. The number of aliphatic hydroxyl groups excluding tert-OH is 1. The van der Waals surface area contributed by atoms with Crippen molar-refractivity contribution in [2.75, 3.05) is 0 Å². The van der Waals surface area contributed by atoms with Crippen molar-refractivity contribution in [3.8, 4) is 0 Å². The third-order valence-corrected chi connectivity index (χ3v) is 11.1. The lowest BCUT2D eigenvalue weighted by Crippen LogP contribution is -2.61. The third-order valence-electron chi connectivity index (χ3n) is 11.1. The van der Waals surface area contributed by atoms with Crippen LogP contribution in [0, 0.1) is 40.4 Å². The van der Waals surface area contributed by atoms with Crippen molar-refractivity contribution in [3.63, 3.8) is 0 Å². The molecule has 0 radical (unpaired) electrons. The molecule has 7 nitrogen and oxygen atoms in total. The molecule has 0 amide bonds. The Kier molecular flexibility index (Phi) is 6.07. The van der Waals surface area contributed by atoms with Gasteiger partial charge >= 0.3 is 12.1 Å². The average molecular weight is 501 g/mol. The Morgan fingerprint density at radius 2 is 1.75 bits per heavy atom. The molecule has 0 aliphatic heterocycles. The molecule has 0 heterocycles. The molecule has 0 aromatic heterocycles. The normalized spacial score (nSPS) is 45.9. The van der Waals surface area contributed by atoms with Crippen LogP contribution in [0.1, 0.15) is 85.5 Å². The van der Waals surface area contributed by atoms with Gasteiger partial charge in [0, 0.05) is 17.4 Å². The predicted octanol–water partition coefficient (Wildman–Crippen LogP) is 5.98. The third kappa shape index (κ3) is 3.40. The fraction of sp³-hybridized carbons (Fsp3) is 0.759. The van der Waals surface area contributed by atoms with Crippen molar-refractivity contribution in [2.24, 2.45) is 40.4 Å². The number of carboxylic acids is 1. The van der Waals surface area contributed by atoms with E-state index in [0.29, 0.717) is 25.7 Å². The molecule has 9 atom stereocenters. The van der Waals surface area contributed by atoms with Gasteiger partial charge in [0.05, 0.1) is 5.41 Å². The number of aliphatic hydroxyl groups is 1. The molecule has 0 aromatic rings. The molecule has 198 valence electrons. The highest BCUT2D eigenvalue weighted by Gasteiger charge is 2.72. The molecule has 0 bridgehead atoms. The van der Waals surface area contributed by atoms with Crippen molar-refractivity contribution >= 4 is 17.9 Å². The lowest BCUT2D eigenvalue weighted by Gasteiger charge is -2.57. The molecule has 2 unspecified atom stereocenters. The summed E-state index contributed by atoms with van der Waals surface area (Å²) in [5, 5.41) is 20.7. The Bertz CT molecular complexity index is 1030. The minimum atomic E-state index is -1.66. The van der Waals surface area contributed by atoms with E-state index in [9.17, 15) is 24.6 Å². The molecule has 0 aromatic carbocycles. The number of hydrogen-bond acceptors (Lipinski definition) is 6. The summed E-state index contributed by atoms with van der Waals surface area (Å²) in [6, 6.07) is 0. The van der Waals surface area contributed by atoms with E-state index in [2.05, 4.69) is 6.92 Å². The van der Waals surface area contributed by atoms with Crippen LogP contribution in [0.25, 0.3) is 0 Å². The number of carbonyl (C=O) groups is 3. The van der Waals surface area contributed by atoms with Crippen molar-refractivity contribution in [3.05, 3.63) is 23.5 Å². The lowest BCUT2D eigenvalue weighted by atomic mass is 9.46. The molecule has 5 rings (SSSR count). The fourth-order valence-electron chi connectivity index (χ4n) is 9.07. The highest BCUT2D eigenvalue weighted by molar-refractivity contribution is 5.99. The average Bonchev–Trinajstić information content (AvgIpc) is 3.04. The van der Waals surface area contributed by atoms with Crippen LogP contribution in [-0.4, -0.2) is 39.8 Å². The summed E-state index contributed by atoms with van der Waals surface area (Å²) < 4.78 is 11.7. The largest absolute Gasteiger partial charge is 0.509 e. The number of fused-ring (bicyclic) bond motifs is 5. The molecular formula is C29H40O7. The number of allylic oxidation sites excluding steroid dienone is 3. The van der Waals surface area contributed by atoms with Crippen LogP contribution in [0.5, 0.6) is 0 Å². The molecule has 4 saturated carbocycles. The van der Waals surface area contributed by atoms with Gasteiger partial charge in [-0.05, 0) is 88.0 Å². The highest BCUT2D eigenvalue weighted by Crippen LogP contribution is 2.69. The number of aliphatic carboxylic acids is 1. The number of ether oxygens (including phenoxy) is 2. The smallest absolute Gasteiger partial charge is 0.508 e. The van der Waals surface area contributed by atoms with E-state index in [0.717, 1.165) is 37.7 Å². The first-order valence-corrected chi connectivity index (χ1v) is 13.7. The summed E-state index contributed by atoms with van der Waals surface area (Å²) in [4.78, 5) is 39.3. The Labute approximate surface area is 213 Å². The van der Waals surface area contributed by atoms with Gasteiger partial charge in [0.25, 0.3) is 0 Å². The zero-order chi connectivity index (χ0) is 26.0. The van der Waals surface area contributed by atoms with Gasteiger partial charge < -0.3 is 19.7 Å². The number of carboxylic acid groups (broad SMARTS) is 1. The van der Waals surface area contributed by atoms with Crippen LogP contribution in [0.3, 0.4) is 0 Å². The van der Waals surface area contributed by atoms with Crippen molar-refractivity contribution in [1.82, 2.24) is 0 Å². The van der Waals surface area contributed by atoms with Crippen molar-refractivity contribution < 1.29 is 34.1 Å². The van der Waals surface area contributed by atoms with Gasteiger partial charge in [-0.3, -0.25) is 4.79 Å². The quantitative estimate of drug-likeness (QED) is 0.459. The van der Waals surface area contributed by atoms with E-state index >= 15 is 0 Å². The van der Waals surface area contributed by atoms with E-state index in [1.54, 1.807) is 6.08 Å². The maximum Gasteiger partial charge on any atom is 0.509 e. The standard InChI is InChI=1S/C29H40O7/c1-16-7-5-6-8-23(16)35-26(34)36-29(25(32)33)17(2)13-22-20-10-9-18-14-19(30)15-24(31)28(18,4)21(20)11-12-27(22,29)3/h14-17,20-23,30H,5-13H2,1-4H3,(H,32,33)/t16-,17?,20+,21-,22-,23+,27-,28-,29?/m0/s1. The van der Waals surface area contributed by atoms with Crippen LogP contribution in [-0.2, 0) is 19.1 Å². The fourth-order valence-corrected chi connectivity index (χ4v) is 9.07. The van der Waals surface area contributed by atoms with Crippen molar-refractivity contribution in [1.29, 1.82) is 0 Å². The van der Waals surface area contributed by atoms with Crippen LogP contribution >= 0.6 is 0 Å². The second-order valence-corrected chi connectivity index (χ2v) is 12.6.